The van der Waals surface area contributed by atoms with Crippen LogP contribution in [0.4, 0.5) is 4.79 Å². The Morgan fingerprint density at radius 1 is 1.02 bits per heavy atom. The monoisotopic (exact) mass is 775 g/mol. The highest BCUT2D eigenvalue weighted by atomic mass is 16.7. The van der Waals surface area contributed by atoms with E-state index in [4.69, 9.17) is 33.7 Å². The van der Waals surface area contributed by atoms with Gasteiger partial charge in [-0.2, -0.15) is 0 Å². The van der Waals surface area contributed by atoms with Crippen molar-refractivity contribution in [3.05, 3.63) is 71.8 Å². The Morgan fingerprint density at radius 2 is 1.79 bits per heavy atom. The lowest BCUT2D eigenvalue weighted by Crippen LogP contribution is -2.70. The molecule has 2 amide bonds. The van der Waals surface area contributed by atoms with Crippen LogP contribution in [0.25, 0.3) is 0 Å². The zero-order valence-electron chi connectivity index (χ0n) is 32.9. The molecule has 13 nitrogen and oxygen atoms in total. The van der Waals surface area contributed by atoms with Gasteiger partial charge in [-0.1, -0.05) is 37.1 Å². The van der Waals surface area contributed by atoms with Crippen molar-refractivity contribution in [2.45, 2.75) is 89.9 Å². The summed E-state index contributed by atoms with van der Waals surface area (Å²) in [6.45, 7) is 11.3. The van der Waals surface area contributed by atoms with Crippen molar-refractivity contribution in [2.75, 3.05) is 46.3 Å². The van der Waals surface area contributed by atoms with Crippen LogP contribution in [0.3, 0.4) is 0 Å². The van der Waals surface area contributed by atoms with Crippen LogP contribution < -0.4 is 24.3 Å². The summed E-state index contributed by atoms with van der Waals surface area (Å²) >= 11 is 0. The molecule has 0 saturated heterocycles. The summed E-state index contributed by atoms with van der Waals surface area (Å²) in [7, 11) is 0. The molecule has 2 heterocycles. The van der Waals surface area contributed by atoms with Crippen molar-refractivity contribution in [3.8, 4) is 23.0 Å². The predicted octanol–water partition coefficient (Wildman–Crippen LogP) is 6.73. The van der Waals surface area contributed by atoms with E-state index in [1.807, 2.05) is 37.8 Å². The van der Waals surface area contributed by atoms with E-state index in [-0.39, 0.29) is 56.7 Å². The lowest BCUT2D eigenvalue weighted by molar-refractivity contribution is -0.254. The van der Waals surface area contributed by atoms with Crippen molar-refractivity contribution in [3.63, 3.8) is 0 Å². The number of hydrogen-bond acceptors (Lipinski definition) is 11. The highest BCUT2D eigenvalue weighted by molar-refractivity contribution is 6.03. The second kappa shape index (κ2) is 19.0. The van der Waals surface area contributed by atoms with Crippen molar-refractivity contribution in [1.82, 2.24) is 10.2 Å². The van der Waals surface area contributed by atoms with Crippen LogP contribution in [0.5, 0.6) is 23.0 Å². The van der Waals surface area contributed by atoms with Gasteiger partial charge in [0.15, 0.2) is 11.5 Å². The number of ether oxygens (including phenoxy) is 5. The Balaban J connectivity index is 1.58. The lowest BCUT2D eigenvalue weighted by Gasteiger charge is -2.60. The first-order valence-electron chi connectivity index (χ1n) is 20.2. The Morgan fingerprint density at radius 3 is 2.52 bits per heavy atom. The molecule has 2 aromatic rings. The summed E-state index contributed by atoms with van der Waals surface area (Å²) in [6.07, 6.45) is 8.90. The summed E-state index contributed by atoms with van der Waals surface area (Å²) in [5.41, 5.74) is 2.96. The number of benzene rings is 2. The number of aliphatic hydroxyl groups is 2. The van der Waals surface area contributed by atoms with E-state index < -0.39 is 23.8 Å². The van der Waals surface area contributed by atoms with Gasteiger partial charge in [0.25, 0.3) is 5.91 Å². The summed E-state index contributed by atoms with van der Waals surface area (Å²) in [5.74, 6) is -0.215. The van der Waals surface area contributed by atoms with Crippen LogP contribution in [0.2, 0.25) is 0 Å². The number of amides is 2. The van der Waals surface area contributed by atoms with Gasteiger partial charge in [0.2, 0.25) is 12.6 Å². The second-order valence-electron chi connectivity index (χ2n) is 14.7. The standard InChI is InChI=1S/C43H57N3O10/c1-5-19-46(41(49)29-15-17-36-37(24-29)52-27-51-36)38-26-34(45-54-8-4)32-23-28(13-9-11-20-47)31(14-10-12-21-48)39-33-25-30(55-42(50)44-7-3)16-18-35(33)56-43(38,40(32)39)53-22-6-2/h6,15-18,23-25,28,31,38-40,47-48H,2,5,7-14,19-22,26-27H2,1,3-4H3,(H,44,50). The van der Waals surface area contributed by atoms with Gasteiger partial charge in [-0.05, 0) is 99.8 Å². The molecule has 0 aromatic heterocycles. The van der Waals surface area contributed by atoms with Gasteiger partial charge >= 0.3 is 6.09 Å². The zero-order chi connectivity index (χ0) is 39.7. The highest BCUT2D eigenvalue weighted by Gasteiger charge is 2.65. The quantitative estimate of drug-likeness (QED) is 0.0794. The van der Waals surface area contributed by atoms with Crippen LogP contribution >= 0.6 is 0 Å². The molecule has 3 N–H and O–H groups in total. The number of fused-ring (bicyclic) bond motifs is 3. The molecular weight excluding hydrogens is 718 g/mol. The molecule has 2 aromatic carbocycles. The van der Waals surface area contributed by atoms with Crippen molar-refractivity contribution >= 4 is 17.7 Å². The number of rotatable bonds is 19. The Labute approximate surface area is 329 Å². The highest BCUT2D eigenvalue weighted by Crippen LogP contribution is 2.62. The van der Waals surface area contributed by atoms with E-state index in [0.717, 1.165) is 36.8 Å². The number of carbonyl (C=O) groups excluding carboxylic acids is 2. The normalized spacial score (nSPS) is 25.0. The fraction of sp³-hybridized carbons (Fsp3) is 0.558. The van der Waals surface area contributed by atoms with Gasteiger partial charge in [-0.3, -0.25) is 4.79 Å². The maximum absolute atomic E-state index is 14.9. The maximum Gasteiger partial charge on any atom is 0.412 e. The molecule has 2 aliphatic carbocycles. The van der Waals surface area contributed by atoms with Crippen LogP contribution in [-0.4, -0.2) is 91.0 Å². The Hall–Kier alpha value is -4.59. The first-order chi connectivity index (χ1) is 27.3. The third-order valence-corrected chi connectivity index (χ3v) is 11.2. The zero-order valence-corrected chi connectivity index (χ0v) is 32.9. The average Bonchev–Trinajstić information content (AvgIpc) is 3.68. The number of unbranched alkanes of at least 4 members (excludes halogenated alkanes) is 2. The molecule has 56 heavy (non-hydrogen) atoms. The smallest absolute Gasteiger partial charge is 0.412 e. The van der Waals surface area contributed by atoms with Crippen LogP contribution in [-0.2, 0) is 9.57 Å². The molecule has 2 aliphatic heterocycles. The number of oxime groups is 1. The summed E-state index contributed by atoms with van der Waals surface area (Å²) in [6, 6.07) is 10.00. The topological polar surface area (TPSA) is 158 Å². The number of carbonyl (C=O) groups is 2. The molecule has 6 unspecified atom stereocenters. The number of aliphatic hydroxyl groups excluding tert-OH is 2. The maximum atomic E-state index is 14.9. The number of nitrogens with one attached hydrogen (secondary N) is 1. The average molecular weight is 776 g/mol. The second-order valence-corrected chi connectivity index (χ2v) is 14.7. The van der Waals surface area contributed by atoms with Crippen LogP contribution in [0, 0.1) is 17.8 Å². The Bertz CT molecular complexity index is 1760. The van der Waals surface area contributed by atoms with Crippen molar-refractivity contribution in [1.29, 1.82) is 0 Å². The van der Waals surface area contributed by atoms with E-state index in [2.05, 4.69) is 18.0 Å². The summed E-state index contributed by atoms with van der Waals surface area (Å²) in [4.78, 5) is 35.2. The van der Waals surface area contributed by atoms with Crippen LogP contribution in [0.1, 0.15) is 94.0 Å². The van der Waals surface area contributed by atoms with E-state index in [0.29, 0.717) is 73.2 Å². The fourth-order valence-electron chi connectivity index (χ4n) is 8.98. The van der Waals surface area contributed by atoms with E-state index in [1.165, 1.54) is 0 Å². The summed E-state index contributed by atoms with van der Waals surface area (Å²) in [5, 5.41) is 27.1. The first kappa shape index (κ1) is 41.1. The van der Waals surface area contributed by atoms with Gasteiger partial charge in [0, 0.05) is 49.8 Å². The van der Waals surface area contributed by atoms with E-state index in [1.54, 1.807) is 30.3 Å². The third kappa shape index (κ3) is 8.40. The minimum absolute atomic E-state index is 0.0272. The molecule has 6 atom stereocenters. The van der Waals surface area contributed by atoms with Gasteiger partial charge < -0.3 is 49.0 Å². The number of allylic oxidation sites excluding steroid dienone is 1. The SMILES string of the molecule is C=CCOC12Oc3ccc(OC(=O)NCC)cc3C3C(CCCCO)C(CCCCO)C=C(C(=NOCC)CC1N(CCC)C(=O)c1ccc4c(c1)OCO4)C32. The van der Waals surface area contributed by atoms with E-state index >= 15 is 0 Å². The molecule has 13 heteroatoms. The predicted molar refractivity (Wildman–Crippen MR) is 210 cm³/mol. The minimum atomic E-state index is -1.41. The summed E-state index contributed by atoms with van der Waals surface area (Å²) < 4.78 is 31.3. The lowest BCUT2D eigenvalue weighted by atomic mass is 9.55. The Kier molecular flexibility index (Phi) is 14.0. The van der Waals surface area contributed by atoms with Gasteiger partial charge in [0.1, 0.15) is 24.1 Å². The molecule has 0 spiro atoms. The van der Waals surface area contributed by atoms with Crippen molar-refractivity contribution < 1.29 is 48.3 Å². The largest absolute Gasteiger partial charge is 0.459 e. The van der Waals surface area contributed by atoms with Gasteiger partial charge in [0.05, 0.1) is 18.2 Å². The minimum Gasteiger partial charge on any atom is -0.459 e. The first-order valence-corrected chi connectivity index (χ1v) is 20.2. The molecule has 6 rings (SSSR count). The van der Waals surface area contributed by atoms with Gasteiger partial charge in [-0.15, -0.1) is 6.58 Å². The van der Waals surface area contributed by atoms with E-state index in [9.17, 15) is 19.8 Å². The third-order valence-electron chi connectivity index (χ3n) is 11.2. The molecule has 1 fully saturated rings. The molecular formula is C43H57N3O10. The number of hydrogen-bond donors (Lipinski definition) is 3. The molecule has 1 saturated carbocycles. The fourth-order valence-corrected chi connectivity index (χ4v) is 8.98. The molecule has 0 bridgehead atoms. The number of nitrogens with zero attached hydrogens (tertiary/aromatic N) is 2. The van der Waals surface area contributed by atoms with Crippen molar-refractivity contribution in [2.24, 2.45) is 22.9 Å². The van der Waals surface area contributed by atoms with Gasteiger partial charge in [-0.25, -0.2) is 4.79 Å². The molecule has 304 valence electrons. The molecule has 0 radical (unpaired) electrons. The molecule has 4 aliphatic rings. The van der Waals surface area contributed by atoms with Crippen LogP contribution in [0.15, 0.2) is 65.9 Å².